The van der Waals surface area contributed by atoms with Gasteiger partial charge in [-0.1, -0.05) is 32.0 Å². The summed E-state index contributed by atoms with van der Waals surface area (Å²) in [6.45, 7) is 3.60. The van der Waals surface area contributed by atoms with Crippen molar-refractivity contribution in [2.24, 2.45) is 0 Å². The molecular formula is C12H19NO3S. The van der Waals surface area contributed by atoms with Crippen molar-refractivity contribution >= 4 is 15.7 Å². The molecule has 4 nitrogen and oxygen atoms in total. The molecule has 0 radical (unpaired) electrons. The smallest absolute Gasteiger partial charge is 0.235 e. The van der Waals surface area contributed by atoms with Crippen molar-refractivity contribution in [3.8, 4) is 0 Å². The summed E-state index contributed by atoms with van der Waals surface area (Å²) in [5.41, 5.74) is 2.63. The summed E-state index contributed by atoms with van der Waals surface area (Å²) in [4.78, 5) is 0. The molecule has 0 saturated heterocycles. The Hall–Kier alpha value is -1.07. The minimum Gasteiger partial charge on any atom is -0.395 e. The maximum absolute atomic E-state index is 11.7. The maximum Gasteiger partial charge on any atom is 0.235 e. The number of aryl methyl sites for hydroxylation is 2. The van der Waals surface area contributed by atoms with E-state index in [1.807, 2.05) is 32.0 Å². The highest BCUT2D eigenvalue weighted by Crippen LogP contribution is 2.23. The molecule has 1 aromatic carbocycles. The van der Waals surface area contributed by atoms with Gasteiger partial charge in [0.25, 0.3) is 0 Å². The largest absolute Gasteiger partial charge is 0.395 e. The van der Waals surface area contributed by atoms with Gasteiger partial charge in [-0.05, 0) is 24.0 Å². The van der Waals surface area contributed by atoms with Crippen LogP contribution in [0, 0.1) is 0 Å². The van der Waals surface area contributed by atoms with Crippen LogP contribution in [0.4, 0.5) is 5.69 Å². The van der Waals surface area contributed by atoms with Crippen LogP contribution >= 0.6 is 0 Å². The fraction of sp³-hybridized carbons (Fsp3) is 0.500. The molecule has 1 aromatic rings. The predicted octanol–water partition coefficient (Wildman–Crippen LogP) is 1.55. The molecular weight excluding hydrogens is 238 g/mol. The molecule has 0 bridgehead atoms. The van der Waals surface area contributed by atoms with E-state index >= 15 is 0 Å². The third kappa shape index (κ3) is 3.71. The van der Waals surface area contributed by atoms with E-state index in [4.69, 9.17) is 5.11 Å². The number of rotatable bonds is 6. The summed E-state index contributed by atoms with van der Waals surface area (Å²) < 4.78 is 25.9. The van der Waals surface area contributed by atoms with Crippen LogP contribution in [-0.2, 0) is 22.9 Å². The zero-order valence-electron chi connectivity index (χ0n) is 10.2. The van der Waals surface area contributed by atoms with E-state index in [-0.39, 0.29) is 12.4 Å². The van der Waals surface area contributed by atoms with Crippen molar-refractivity contribution in [2.75, 3.05) is 17.1 Å². The second kappa shape index (κ2) is 6.02. The van der Waals surface area contributed by atoms with Crippen LogP contribution in [-0.4, -0.2) is 25.9 Å². The van der Waals surface area contributed by atoms with Crippen molar-refractivity contribution in [2.45, 2.75) is 26.7 Å². The molecule has 0 aliphatic carbocycles. The second-order valence-electron chi connectivity index (χ2n) is 3.80. The van der Waals surface area contributed by atoms with Gasteiger partial charge in [0.1, 0.15) is 0 Å². The van der Waals surface area contributed by atoms with Crippen LogP contribution in [0.15, 0.2) is 18.2 Å². The lowest BCUT2D eigenvalue weighted by Gasteiger charge is -2.15. The highest BCUT2D eigenvalue weighted by molar-refractivity contribution is 7.92. The van der Waals surface area contributed by atoms with E-state index in [9.17, 15) is 8.42 Å². The zero-order valence-corrected chi connectivity index (χ0v) is 11.0. The molecule has 0 aliphatic heterocycles. The van der Waals surface area contributed by atoms with E-state index in [1.54, 1.807) is 0 Å². The average Bonchev–Trinajstić information content (AvgIpc) is 2.28. The lowest BCUT2D eigenvalue weighted by atomic mass is 10.0. The van der Waals surface area contributed by atoms with E-state index < -0.39 is 10.0 Å². The van der Waals surface area contributed by atoms with Crippen molar-refractivity contribution in [3.05, 3.63) is 29.3 Å². The number of anilines is 1. The minimum absolute atomic E-state index is 0.270. The van der Waals surface area contributed by atoms with Gasteiger partial charge < -0.3 is 5.11 Å². The summed E-state index contributed by atoms with van der Waals surface area (Å²) in [7, 11) is -3.45. The Morgan fingerprint density at radius 3 is 2.12 bits per heavy atom. The highest BCUT2D eigenvalue weighted by atomic mass is 32.2. The summed E-state index contributed by atoms with van der Waals surface area (Å²) in [5.74, 6) is -0.270. The molecule has 1 rings (SSSR count). The van der Waals surface area contributed by atoms with Gasteiger partial charge in [-0.15, -0.1) is 0 Å². The van der Waals surface area contributed by atoms with Crippen LogP contribution in [0.5, 0.6) is 0 Å². The molecule has 0 aromatic heterocycles. The van der Waals surface area contributed by atoms with Crippen LogP contribution in [0.3, 0.4) is 0 Å². The van der Waals surface area contributed by atoms with E-state index in [0.29, 0.717) is 5.69 Å². The lowest BCUT2D eigenvalue weighted by Crippen LogP contribution is -2.20. The van der Waals surface area contributed by atoms with Crippen molar-refractivity contribution in [1.82, 2.24) is 0 Å². The van der Waals surface area contributed by atoms with Gasteiger partial charge in [0, 0.05) is 0 Å². The molecule has 0 spiro atoms. The number of aliphatic hydroxyl groups is 1. The third-order valence-corrected chi connectivity index (χ3v) is 3.85. The van der Waals surface area contributed by atoms with Gasteiger partial charge in [0.05, 0.1) is 18.0 Å². The van der Waals surface area contributed by atoms with Crippen LogP contribution in [0.2, 0.25) is 0 Å². The number of benzene rings is 1. The molecule has 0 unspecified atom stereocenters. The summed E-state index contributed by atoms with van der Waals surface area (Å²) >= 11 is 0. The lowest BCUT2D eigenvalue weighted by molar-refractivity contribution is 0.320. The monoisotopic (exact) mass is 257 g/mol. The molecule has 96 valence electrons. The Balaban J connectivity index is 3.12. The molecule has 0 fully saturated rings. The van der Waals surface area contributed by atoms with E-state index in [0.717, 1.165) is 24.0 Å². The fourth-order valence-corrected chi connectivity index (χ4v) is 2.62. The Morgan fingerprint density at radius 2 is 1.71 bits per heavy atom. The van der Waals surface area contributed by atoms with E-state index in [2.05, 4.69) is 4.72 Å². The molecule has 0 heterocycles. The van der Waals surface area contributed by atoms with Gasteiger partial charge in [-0.25, -0.2) is 8.42 Å². The summed E-state index contributed by atoms with van der Waals surface area (Å²) in [6, 6.07) is 5.76. The van der Waals surface area contributed by atoms with Crippen molar-refractivity contribution < 1.29 is 13.5 Å². The number of para-hydroxylation sites is 1. The van der Waals surface area contributed by atoms with Gasteiger partial charge >= 0.3 is 0 Å². The molecule has 17 heavy (non-hydrogen) atoms. The van der Waals surface area contributed by atoms with Crippen LogP contribution < -0.4 is 4.72 Å². The normalized spacial score (nSPS) is 11.5. The average molecular weight is 257 g/mol. The minimum atomic E-state index is -3.45. The predicted molar refractivity (Wildman–Crippen MR) is 69.7 cm³/mol. The number of sulfonamides is 1. The van der Waals surface area contributed by atoms with Crippen molar-refractivity contribution in [1.29, 1.82) is 0 Å². The number of hydrogen-bond acceptors (Lipinski definition) is 3. The molecule has 2 N–H and O–H groups in total. The Bertz CT molecular complexity index is 446. The van der Waals surface area contributed by atoms with Crippen LogP contribution in [0.25, 0.3) is 0 Å². The van der Waals surface area contributed by atoms with Gasteiger partial charge in [0.15, 0.2) is 0 Å². The molecule has 0 atom stereocenters. The first-order valence-corrected chi connectivity index (χ1v) is 7.41. The maximum atomic E-state index is 11.7. The molecule has 5 heteroatoms. The highest BCUT2D eigenvalue weighted by Gasteiger charge is 2.14. The third-order valence-electron chi connectivity index (χ3n) is 2.62. The summed E-state index contributed by atoms with van der Waals surface area (Å²) in [5, 5.41) is 8.71. The first kappa shape index (κ1) is 14.0. The Kier molecular flexibility index (Phi) is 4.96. The number of nitrogens with one attached hydrogen (secondary N) is 1. The van der Waals surface area contributed by atoms with Gasteiger partial charge in [-0.3, -0.25) is 4.72 Å². The zero-order chi connectivity index (χ0) is 12.9. The van der Waals surface area contributed by atoms with Gasteiger partial charge in [0.2, 0.25) is 10.0 Å². The van der Waals surface area contributed by atoms with Gasteiger partial charge in [-0.2, -0.15) is 0 Å². The van der Waals surface area contributed by atoms with E-state index in [1.165, 1.54) is 0 Å². The van der Waals surface area contributed by atoms with Crippen molar-refractivity contribution in [3.63, 3.8) is 0 Å². The summed E-state index contributed by atoms with van der Waals surface area (Å²) in [6.07, 6.45) is 1.54. The number of hydrogen-bond donors (Lipinski definition) is 2. The first-order valence-electron chi connectivity index (χ1n) is 5.76. The Morgan fingerprint density at radius 1 is 1.18 bits per heavy atom. The second-order valence-corrected chi connectivity index (χ2v) is 5.64. The SMILES string of the molecule is CCc1cccc(CC)c1NS(=O)(=O)CCO. The first-order chi connectivity index (χ1) is 8.04. The Labute approximate surface area is 103 Å². The molecule has 0 aliphatic rings. The standard InChI is InChI=1S/C12H19NO3S/c1-3-10-6-5-7-11(4-2)12(10)13-17(15,16)9-8-14/h5-7,13-14H,3-4,8-9H2,1-2H3. The topological polar surface area (TPSA) is 66.4 Å². The number of aliphatic hydroxyl groups excluding tert-OH is 1. The molecule has 0 amide bonds. The van der Waals surface area contributed by atoms with Crippen LogP contribution in [0.1, 0.15) is 25.0 Å². The molecule has 0 saturated carbocycles. The fourth-order valence-electron chi connectivity index (χ4n) is 1.70. The quantitative estimate of drug-likeness (QED) is 0.812.